The molecular weight excluding hydrogens is 204 g/mol. The van der Waals surface area contributed by atoms with Crippen LogP contribution < -0.4 is 0 Å². The summed E-state index contributed by atoms with van der Waals surface area (Å²) in [4.78, 5) is 21.9. The molecule has 0 bridgehead atoms. The Bertz CT molecular complexity index is 423. The molecule has 0 saturated heterocycles. The van der Waals surface area contributed by atoms with Gasteiger partial charge < -0.3 is 20.1 Å². The van der Waals surface area contributed by atoms with Crippen molar-refractivity contribution in [2.75, 3.05) is 7.11 Å². The summed E-state index contributed by atoms with van der Waals surface area (Å²) in [6.45, 7) is 0. The van der Waals surface area contributed by atoms with Crippen molar-refractivity contribution >= 4 is 11.9 Å². The van der Waals surface area contributed by atoms with Crippen LogP contribution in [0, 0.1) is 0 Å². The van der Waals surface area contributed by atoms with E-state index >= 15 is 0 Å². The molecule has 80 valence electrons. The molecule has 0 aliphatic heterocycles. The number of ether oxygens (including phenoxy) is 1. The number of aromatic carboxylic acids is 1. The van der Waals surface area contributed by atoms with Crippen LogP contribution in [0.5, 0.6) is 11.5 Å². The van der Waals surface area contributed by atoms with E-state index in [0.29, 0.717) is 0 Å². The highest BCUT2D eigenvalue weighted by Crippen LogP contribution is 2.27. The maximum atomic E-state index is 11.1. The van der Waals surface area contributed by atoms with Gasteiger partial charge in [-0.3, -0.25) is 0 Å². The minimum Gasteiger partial charge on any atom is -0.508 e. The Labute approximate surface area is 84.3 Å². The molecule has 0 spiro atoms. The predicted octanol–water partition coefficient (Wildman–Crippen LogP) is 0.583. The van der Waals surface area contributed by atoms with Crippen molar-refractivity contribution < 1.29 is 29.6 Å². The molecule has 15 heavy (non-hydrogen) atoms. The quantitative estimate of drug-likeness (QED) is 0.619. The Balaban J connectivity index is 3.46. The van der Waals surface area contributed by atoms with Gasteiger partial charge in [-0.2, -0.15) is 0 Å². The summed E-state index contributed by atoms with van der Waals surface area (Å²) in [7, 11) is 1.06. The van der Waals surface area contributed by atoms with E-state index in [1.54, 1.807) is 0 Å². The number of rotatable bonds is 2. The van der Waals surface area contributed by atoms with E-state index in [1.807, 2.05) is 0 Å². The average Bonchev–Trinajstić information content (AvgIpc) is 2.14. The predicted molar refractivity (Wildman–Crippen MR) is 48.1 cm³/mol. The second kappa shape index (κ2) is 3.87. The molecule has 0 saturated carbocycles. The van der Waals surface area contributed by atoms with Gasteiger partial charge in [-0.1, -0.05) is 0 Å². The van der Waals surface area contributed by atoms with Crippen LogP contribution in [0.15, 0.2) is 12.1 Å². The summed E-state index contributed by atoms with van der Waals surface area (Å²) in [5, 5.41) is 27.1. The van der Waals surface area contributed by atoms with Gasteiger partial charge in [0.15, 0.2) is 0 Å². The van der Waals surface area contributed by atoms with Crippen molar-refractivity contribution in [2.45, 2.75) is 0 Å². The molecule has 0 aliphatic carbocycles. The van der Waals surface area contributed by atoms with Crippen molar-refractivity contribution in [2.24, 2.45) is 0 Å². The number of carboxylic acid groups (broad SMARTS) is 1. The number of carbonyl (C=O) groups excluding carboxylic acids is 1. The molecule has 0 aliphatic rings. The maximum Gasteiger partial charge on any atom is 0.340 e. The zero-order chi connectivity index (χ0) is 11.6. The second-order valence-corrected chi connectivity index (χ2v) is 2.68. The van der Waals surface area contributed by atoms with Crippen LogP contribution in [0.3, 0.4) is 0 Å². The van der Waals surface area contributed by atoms with Crippen molar-refractivity contribution in [3.8, 4) is 11.5 Å². The normalized spacial score (nSPS) is 9.67. The smallest absolute Gasteiger partial charge is 0.340 e. The average molecular weight is 212 g/mol. The van der Waals surface area contributed by atoms with E-state index in [2.05, 4.69) is 4.74 Å². The van der Waals surface area contributed by atoms with E-state index in [0.717, 1.165) is 19.2 Å². The second-order valence-electron chi connectivity index (χ2n) is 2.68. The molecule has 0 aromatic heterocycles. The molecule has 0 fully saturated rings. The summed E-state index contributed by atoms with van der Waals surface area (Å²) in [5.41, 5.74) is -0.998. The van der Waals surface area contributed by atoms with Gasteiger partial charge in [0.2, 0.25) is 0 Å². The number of aromatic hydroxyl groups is 2. The van der Waals surface area contributed by atoms with Gasteiger partial charge in [0.25, 0.3) is 0 Å². The van der Waals surface area contributed by atoms with Crippen molar-refractivity contribution in [3.63, 3.8) is 0 Å². The molecule has 1 rings (SSSR count). The molecular formula is C9H8O6. The highest BCUT2D eigenvalue weighted by molar-refractivity contribution is 6.04. The van der Waals surface area contributed by atoms with Crippen LogP contribution in [0.4, 0.5) is 0 Å². The Morgan fingerprint density at radius 1 is 1.27 bits per heavy atom. The highest BCUT2D eigenvalue weighted by atomic mass is 16.5. The molecule has 0 amide bonds. The first-order valence-electron chi connectivity index (χ1n) is 3.85. The first-order chi connectivity index (χ1) is 6.97. The van der Waals surface area contributed by atoms with Crippen molar-refractivity contribution in [1.82, 2.24) is 0 Å². The highest BCUT2D eigenvalue weighted by Gasteiger charge is 2.22. The Morgan fingerprint density at radius 3 is 2.33 bits per heavy atom. The third kappa shape index (κ3) is 1.98. The monoisotopic (exact) mass is 212 g/mol. The fraction of sp³-hybridized carbons (Fsp3) is 0.111. The number of hydrogen-bond donors (Lipinski definition) is 3. The van der Waals surface area contributed by atoms with Crippen LogP contribution in [0.2, 0.25) is 0 Å². The first-order valence-corrected chi connectivity index (χ1v) is 3.85. The molecule has 1 aromatic carbocycles. The summed E-state index contributed by atoms with van der Waals surface area (Å²) in [6, 6.07) is 1.74. The minimum atomic E-state index is -1.48. The van der Waals surface area contributed by atoms with Gasteiger partial charge in [-0.25, -0.2) is 9.59 Å². The third-order valence-electron chi connectivity index (χ3n) is 1.72. The van der Waals surface area contributed by atoms with Gasteiger partial charge in [0.1, 0.15) is 17.1 Å². The number of hydrogen-bond acceptors (Lipinski definition) is 5. The fourth-order valence-corrected chi connectivity index (χ4v) is 1.11. The minimum absolute atomic E-state index is 0.400. The van der Waals surface area contributed by atoms with E-state index in [-0.39, 0.29) is 0 Å². The Hall–Kier alpha value is -2.24. The van der Waals surface area contributed by atoms with Crippen LogP contribution >= 0.6 is 0 Å². The third-order valence-corrected chi connectivity index (χ3v) is 1.72. The number of carboxylic acids is 1. The van der Waals surface area contributed by atoms with Crippen LogP contribution in [-0.4, -0.2) is 34.4 Å². The number of benzene rings is 1. The standard InChI is InChI=1S/C9H8O6/c1-15-9(14)5-2-4(10)3-6(11)7(5)8(12)13/h2-3,10-11H,1H3,(H,12,13). The number of phenolic OH excluding ortho intramolecular Hbond substituents is 1. The van der Waals surface area contributed by atoms with Crippen LogP contribution in [0.1, 0.15) is 20.7 Å². The van der Waals surface area contributed by atoms with Gasteiger partial charge in [0, 0.05) is 6.07 Å². The summed E-state index contributed by atoms with van der Waals surface area (Å²) >= 11 is 0. The molecule has 0 radical (unpaired) electrons. The zero-order valence-electron chi connectivity index (χ0n) is 7.72. The summed E-state index contributed by atoms with van der Waals surface area (Å²) in [5.74, 6) is -3.53. The van der Waals surface area contributed by atoms with Crippen LogP contribution in [-0.2, 0) is 4.74 Å². The summed E-state index contributed by atoms with van der Waals surface area (Å²) in [6.07, 6.45) is 0. The first kappa shape index (κ1) is 10.8. The Morgan fingerprint density at radius 2 is 1.87 bits per heavy atom. The fourth-order valence-electron chi connectivity index (χ4n) is 1.11. The SMILES string of the molecule is COC(=O)c1cc(O)cc(O)c1C(=O)O. The largest absolute Gasteiger partial charge is 0.508 e. The Kier molecular flexibility index (Phi) is 2.80. The van der Waals surface area contributed by atoms with Crippen LogP contribution in [0.25, 0.3) is 0 Å². The topological polar surface area (TPSA) is 104 Å². The van der Waals surface area contributed by atoms with E-state index < -0.39 is 34.6 Å². The summed E-state index contributed by atoms with van der Waals surface area (Å²) < 4.78 is 4.31. The molecule has 6 nitrogen and oxygen atoms in total. The lowest BCUT2D eigenvalue weighted by Crippen LogP contribution is -2.10. The lowest BCUT2D eigenvalue weighted by molar-refractivity contribution is 0.0580. The van der Waals surface area contributed by atoms with Gasteiger partial charge >= 0.3 is 11.9 Å². The number of phenols is 2. The zero-order valence-corrected chi connectivity index (χ0v) is 7.72. The van der Waals surface area contributed by atoms with Crippen molar-refractivity contribution in [1.29, 1.82) is 0 Å². The molecule has 0 unspecified atom stereocenters. The number of carbonyl (C=O) groups is 2. The van der Waals surface area contributed by atoms with Gasteiger partial charge in [0.05, 0.1) is 12.7 Å². The van der Waals surface area contributed by atoms with E-state index in [9.17, 15) is 14.7 Å². The molecule has 0 atom stereocenters. The number of esters is 1. The molecule has 0 heterocycles. The molecule has 3 N–H and O–H groups in total. The van der Waals surface area contributed by atoms with E-state index in [1.165, 1.54) is 0 Å². The lowest BCUT2D eigenvalue weighted by Gasteiger charge is -2.06. The number of methoxy groups -OCH3 is 1. The molecule has 1 aromatic rings. The maximum absolute atomic E-state index is 11.1. The van der Waals surface area contributed by atoms with Gasteiger partial charge in [-0.15, -0.1) is 0 Å². The van der Waals surface area contributed by atoms with Gasteiger partial charge in [-0.05, 0) is 6.07 Å². The van der Waals surface area contributed by atoms with Crippen molar-refractivity contribution in [3.05, 3.63) is 23.3 Å². The van der Waals surface area contributed by atoms with E-state index in [4.69, 9.17) is 10.2 Å². The molecule has 6 heteroatoms. The lowest BCUT2D eigenvalue weighted by atomic mass is 10.1.